The number of nitrogens with two attached hydrogens (primary N) is 1. The molecular weight excluding hydrogens is 525 g/mol. The molecule has 0 saturated carbocycles. The second-order valence-electron chi connectivity index (χ2n) is 9.05. The molecule has 0 spiro atoms. The lowest BCUT2D eigenvalue weighted by atomic mass is 10.1. The van der Waals surface area contributed by atoms with Gasteiger partial charge in [0.15, 0.2) is 11.6 Å². The summed E-state index contributed by atoms with van der Waals surface area (Å²) in [6.45, 7) is 9.05. The van der Waals surface area contributed by atoms with Crippen LogP contribution in [0.25, 0.3) is 0 Å². The molecule has 0 bridgehead atoms. The Labute approximate surface area is 231 Å². The van der Waals surface area contributed by atoms with Crippen LogP contribution in [0.3, 0.4) is 0 Å². The van der Waals surface area contributed by atoms with Crippen molar-refractivity contribution in [3.8, 4) is 0 Å². The van der Waals surface area contributed by atoms with Crippen LogP contribution in [0.15, 0.2) is 61.3 Å². The molecule has 6 N–H and O–H groups in total. The molecule has 0 saturated heterocycles. The molecule has 0 fully saturated rings. The summed E-state index contributed by atoms with van der Waals surface area (Å²) < 4.78 is 19.8. The number of carbonyl (C=O) groups is 2. The van der Waals surface area contributed by atoms with Crippen LogP contribution in [0.2, 0.25) is 5.02 Å². The van der Waals surface area contributed by atoms with Crippen LogP contribution < -0.4 is 27.0 Å². The molecule has 3 rings (SSSR count). The SMILES string of the molecule is C=CC(=O)Nc1cccc(Nc2nc(Nc3ccc(Cl)c(N[C@@H](C)COC(=O)[C@@H](N)C(C)C)c3)ncc2F)c1. The van der Waals surface area contributed by atoms with E-state index in [0.717, 1.165) is 12.3 Å². The molecule has 0 aliphatic rings. The number of amides is 1. The van der Waals surface area contributed by atoms with E-state index in [-0.39, 0.29) is 36.2 Å². The number of carbonyl (C=O) groups excluding carboxylic acids is 2. The summed E-state index contributed by atoms with van der Waals surface area (Å²) in [4.78, 5) is 31.8. The van der Waals surface area contributed by atoms with Crippen molar-refractivity contribution < 1.29 is 18.7 Å². The first kappa shape index (κ1) is 29.3. The standard InChI is InChI=1S/C27H31ClFN7O3/c1-5-23(37)33-17-7-6-8-18(11-17)34-25-21(29)13-31-27(36-25)35-19-9-10-20(28)22(12-19)32-16(4)14-39-26(38)24(30)15(2)3/h5-13,15-16,24,32H,1,14,30H2,2-4H3,(H,33,37)(H2,31,34,35,36)/t16-,24-/m0/s1. The molecule has 12 heteroatoms. The Morgan fingerprint density at radius 1 is 1.13 bits per heavy atom. The van der Waals surface area contributed by atoms with Crippen molar-refractivity contribution in [3.05, 3.63) is 72.2 Å². The van der Waals surface area contributed by atoms with Gasteiger partial charge in [-0.3, -0.25) is 9.59 Å². The highest BCUT2D eigenvalue weighted by Crippen LogP contribution is 2.28. The molecular formula is C27H31ClFN7O3. The molecule has 0 radical (unpaired) electrons. The maximum absolute atomic E-state index is 14.5. The summed E-state index contributed by atoms with van der Waals surface area (Å²) in [6, 6.07) is 10.9. The van der Waals surface area contributed by atoms with E-state index in [1.807, 2.05) is 20.8 Å². The first-order chi connectivity index (χ1) is 18.5. The van der Waals surface area contributed by atoms with E-state index in [0.29, 0.717) is 27.8 Å². The molecule has 3 aromatic rings. The van der Waals surface area contributed by atoms with Gasteiger partial charge in [0, 0.05) is 17.1 Å². The van der Waals surface area contributed by atoms with Crippen molar-refractivity contribution in [2.24, 2.45) is 11.7 Å². The number of hydrogen-bond donors (Lipinski definition) is 5. The molecule has 0 aliphatic carbocycles. The van der Waals surface area contributed by atoms with Crippen LogP contribution in [0.4, 0.5) is 38.9 Å². The van der Waals surface area contributed by atoms with Crippen molar-refractivity contribution in [2.75, 3.05) is 27.9 Å². The number of ether oxygens (including phenoxy) is 1. The predicted molar refractivity (Wildman–Crippen MR) is 152 cm³/mol. The Hall–Kier alpha value is -4.22. The summed E-state index contributed by atoms with van der Waals surface area (Å²) in [5.74, 6) is -1.46. The average Bonchev–Trinajstić information content (AvgIpc) is 2.90. The number of aromatic nitrogens is 2. The van der Waals surface area contributed by atoms with Crippen molar-refractivity contribution >= 4 is 58.0 Å². The lowest BCUT2D eigenvalue weighted by molar-refractivity contribution is -0.146. The number of nitrogens with zero attached hydrogens (tertiary/aromatic N) is 2. The predicted octanol–water partition coefficient (Wildman–Crippen LogP) is 5.21. The third-order valence-electron chi connectivity index (χ3n) is 5.41. The van der Waals surface area contributed by atoms with Gasteiger partial charge in [-0.15, -0.1) is 0 Å². The molecule has 0 unspecified atom stereocenters. The summed E-state index contributed by atoms with van der Waals surface area (Å²) >= 11 is 6.35. The normalized spacial score (nSPS) is 12.3. The van der Waals surface area contributed by atoms with Gasteiger partial charge in [0.05, 0.1) is 22.9 Å². The zero-order valence-corrected chi connectivity index (χ0v) is 22.6. The van der Waals surface area contributed by atoms with Crippen LogP contribution in [-0.4, -0.2) is 40.5 Å². The first-order valence-corrected chi connectivity index (χ1v) is 12.5. The van der Waals surface area contributed by atoms with E-state index < -0.39 is 17.8 Å². The monoisotopic (exact) mass is 555 g/mol. The molecule has 0 aliphatic heterocycles. The van der Waals surface area contributed by atoms with E-state index in [2.05, 4.69) is 37.8 Å². The van der Waals surface area contributed by atoms with E-state index in [1.54, 1.807) is 42.5 Å². The fourth-order valence-corrected chi connectivity index (χ4v) is 3.42. The van der Waals surface area contributed by atoms with Crippen LogP contribution in [0, 0.1) is 11.7 Å². The number of benzene rings is 2. The summed E-state index contributed by atoms with van der Waals surface area (Å²) in [5.41, 5.74) is 8.00. The van der Waals surface area contributed by atoms with Crippen LogP contribution in [0.1, 0.15) is 20.8 Å². The van der Waals surface area contributed by atoms with Gasteiger partial charge in [-0.1, -0.05) is 38.1 Å². The van der Waals surface area contributed by atoms with E-state index >= 15 is 0 Å². The largest absolute Gasteiger partial charge is 0.462 e. The molecule has 1 amide bonds. The fourth-order valence-electron chi connectivity index (χ4n) is 3.25. The number of esters is 1. The number of halogens is 2. The van der Waals surface area contributed by atoms with E-state index in [1.165, 1.54) is 0 Å². The highest BCUT2D eigenvalue weighted by atomic mass is 35.5. The lowest BCUT2D eigenvalue weighted by Gasteiger charge is -2.20. The highest BCUT2D eigenvalue weighted by Gasteiger charge is 2.20. The van der Waals surface area contributed by atoms with Gasteiger partial charge >= 0.3 is 5.97 Å². The number of rotatable bonds is 12. The van der Waals surface area contributed by atoms with Crippen LogP contribution >= 0.6 is 11.6 Å². The van der Waals surface area contributed by atoms with Gasteiger partial charge in [-0.25, -0.2) is 9.37 Å². The van der Waals surface area contributed by atoms with Crippen molar-refractivity contribution in [3.63, 3.8) is 0 Å². The topological polar surface area (TPSA) is 143 Å². The maximum Gasteiger partial charge on any atom is 0.323 e. The number of anilines is 6. The van der Waals surface area contributed by atoms with E-state index in [4.69, 9.17) is 22.1 Å². The minimum Gasteiger partial charge on any atom is -0.462 e. The van der Waals surface area contributed by atoms with Gasteiger partial charge in [-0.2, -0.15) is 4.98 Å². The fraction of sp³-hybridized carbons (Fsp3) is 0.259. The lowest BCUT2D eigenvalue weighted by Crippen LogP contribution is -2.38. The van der Waals surface area contributed by atoms with Crippen LogP contribution in [0.5, 0.6) is 0 Å². The molecule has 1 aromatic heterocycles. The molecule has 1 heterocycles. The van der Waals surface area contributed by atoms with Crippen molar-refractivity contribution in [2.45, 2.75) is 32.9 Å². The average molecular weight is 556 g/mol. The molecule has 10 nitrogen and oxygen atoms in total. The second-order valence-corrected chi connectivity index (χ2v) is 9.46. The van der Waals surface area contributed by atoms with Gasteiger partial charge < -0.3 is 31.7 Å². The van der Waals surface area contributed by atoms with Crippen molar-refractivity contribution in [1.82, 2.24) is 9.97 Å². The summed E-state index contributed by atoms with van der Waals surface area (Å²) in [6.07, 6.45) is 2.19. The second kappa shape index (κ2) is 13.5. The number of nitrogens with one attached hydrogen (secondary N) is 4. The Balaban J connectivity index is 1.68. The molecule has 2 aromatic carbocycles. The first-order valence-electron chi connectivity index (χ1n) is 12.1. The van der Waals surface area contributed by atoms with Gasteiger partial charge in [0.25, 0.3) is 0 Å². The van der Waals surface area contributed by atoms with Crippen LogP contribution in [-0.2, 0) is 14.3 Å². The third-order valence-corrected chi connectivity index (χ3v) is 5.74. The number of hydrogen-bond acceptors (Lipinski definition) is 9. The van der Waals surface area contributed by atoms with E-state index in [9.17, 15) is 14.0 Å². The maximum atomic E-state index is 14.5. The zero-order chi connectivity index (χ0) is 28.5. The molecule has 2 atom stereocenters. The summed E-state index contributed by atoms with van der Waals surface area (Å²) in [5, 5.41) is 12.2. The Morgan fingerprint density at radius 3 is 2.56 bits per heavy atom. The van der Waals surface area contributed by atoms with Crippen molar-refractivity contribution in [1.29, 1.82) is 0 Å². The quantitative estimate of drug-likeness (QED) is 0.150. The Morgan fingerprint density at radius 2 is 1.85 bits per heavy atom. The minimum absolute atomic E-state index is 0.0300. The molecule has 39 heavy (non-hydrogen) atoms. The minimum atomic E-state index is -0.689. The van der Waals surface area contributed by atoms with Gasteiger partial charge in [0.2, 0.25) is 11.9 Å². The Bertz CT molecular complexity index is 1340. The Kier molecular flexibility index (Phi) is 10.2. The smallest absolute Gasteiger partial charge is 0.323 e. The molecule has 206 valence electrons. The third kappa shape index (κ3) is 8.66. The van der Waals surface area contributed by atoms with Gasteiger partial charge in [0.1, 0.15) is 12.6 Å². The summed E-state index contributed by atoms with van der Waals surface area (Å²) in [7, 11) is 0. The highest BCUT2D eigenvalue weighted by molar-refractivity contribution is 6.33. The zero-order valence-electron chi connectivity index (χ0n) is 21.8. The van der Waals surface area contributed by atoms with Gasteiger partial charge in [-0.05, 0) is 55.3 Å².